The fourth-order valence-electron chi connectivity index (χ4n) is 12.2. The van der Waals surface area contributed by atoms with E-state index < -0.39 is 98.5 Å². The van der Waals surface area contributed by atoms with Crippen LogP contribution in [-0.4, -0.2) is 87.8 Å². The molecule has 14 N–H and O–H groups in total. The van der Waals surface area contributed by atoms with Crippen LogP contribution in [0.4, 0.5) is 0 Å². The molecule has 5 rings (SSSR count). The van der Waals surface area contributed by atoms with Gasteiger partial charge in [0.1, 0.15) is 0 Å². The van der Waals surface area contributed by atoms with Crippen LogP contribution in [0.1, 0.15) is 133 Å². The van der Waals surface area contributed by atoms with Gasteiger partial charge in [0, 0.05) is 108 Å². The third kappa shape index (κ3) is 12.2. The number of allylic oxidation sites excluding steroid dienone is 6. The summed E-state index contributed by atoms with van der Waals surface area (Å²) >= 11 is 0. The van der Waals surface area contributed by atoms with E-state index in [0.717, 1.165) is 0 Å². The zero-order valence-electron chi connectivity index (χ0n) is 42.8. The maximum atomic E-state index is 13.5. The Bertz CT molecular complexity index is 2410. The van der Waals surface area contributed by atoms with Gasteiger partial charge in [0.05, 0.1) is 17.3 Å². The fourth-order valence-corrected chi connectivity index (χ4v) is 12.2. The Morgan fingerprint density at radius 2 is 1.22 bits per heavy atom. The molecule has 22 heteroatoms. The average molecular weight is 1040 g/mol. The van der Waals surface area contributed by atoms with E-state index in [2.05, 4.69) is 5.32 Å². The van der Waals surface area contributed by atoms with Crippen molar-refractivity contribution in [3.05, 3.63) is 52.8 Å². The maximum absolute atomic E-state index is 13.5. The van der Waals surface area contributed by atoms with Crippen molar-refractivity contribution in [2.45, 2.75) is 151 Å². The summed E-state index contributed by atoms with van der Waals surface area (Å²) in [7, 11) is 0. The molecule has 0 saturated carbocycles. The normalized spacial score (nSPS) is 32.8. The minimum atomic E-state index is -1.40. The number of amides is 7. The maximum Gasteiger partial charge on any atom is 3.00 e. The van der Waals surface area contributed by atoms with Crippen molar-refractivity contribution in [3.8, 4) is 0 Å². The molecule has 10 atom stereocenters. The fraction of sp³-hybridized carbons (Fsp3) is 0.640. The summed E-state index contributed by atoms with van der Waals surface area (Å²) < 4.78 is 0. The number of aliphatic hydroxyl groups is 1. The van der Waals surface area contributed by atoms with Crippen molar-refractivity contribution >= 4 is 58.5 Å². The summed E-state index contributed by atoms with van der Waals surface area (Å²) in [6.45, 7) is 26.3. The first-order chi connectivity index (χ1) is 32.9. The Balaban J connectivity index is 0.00000346. The topological polar surface area (TPSA) is 407 Å². The second-order valence-corrected chi connectivity index (χ2v) is 21.1. The van der Waals surface area contributed by atoms with Crippen LogP contribution in [0.3, 0.4) is 0 Å². The van der Waals surface area contributed by atoms with Gasteiger partial charge in [-0.3, -0.25) is 48.5 Å². The number of rotatable bonds is 20. The molecule has 8 bridgehead atoms. The SMILES string of the molecule is C/C1=C2N=C(/C=C3N=C(/C(C)=C4\[N-]C(C(CC(N)=O)C4(C)CCC(=O)NCC(C)O)C4(C)N=C1C(CCC(N)=O)C4(C)CC(N)=O)C(CCC(N)=O)C\3(C)C)C(CCC(N)=O)C/2(C)CC(N)=O.[C-]#N.[C-]#N.[Co+3]. The number of aliphatic hydroxyl groups excluding tert-OH is 1. The molecular formula is C50H72CoN13O8. The van der Waals surface area contributed by atoms with Crippen molar-refractivity contribution in [2.75, 3.05) is 6.54 Å². The van der Waals surface area contributed by atoms with Crippen LogP contribution in [0.2, 0.25) is 0 Å². The summed E-state index contributed by atoms with van der Waals surface area (Å²) in [5.74, 6) is -6.42. The van der Waals surface area contributed by atoms with E-state index in [4.69, 9.17) is 78.4 Å². The Hall–Kier alpha value is -6.23. The average Bonchev–Trinajstić information content (AvgIpc) is 3.88. The molecule has 10 unspecified atom stereocenters. The standard InChI is InChI=1S/C48H73N11O8.2CN.Co/c1-23(60)22-55-38(67)16-17-45(6)29(18-35(52)64)43-48(9)47(8,21-37(54)66)28(12-15-34(51)63)40(59-48)25(3)42-46(7,20-36(53)65)26(10-13-32(49)61)30(56-42)19-31-44(4,5)27(11-14-33(50)62)39(57-31)24(2)41(45)58-43;2*1-2;/h19,23,26-29,43,60H,10-18,20-22H2,1-9H3,(H14,49,50,51,52,53,54,55,56,57,58,59,61,62,63,64,65,66,67);;;/q;2*-1;+3/p-1. The molecule has 0 radical (unpaired) electrons. The molecule has 21 nitrogen and oxygen atoms in total. The molecule has 5 aliphatic rings. The third-order valence-electron chi connectivity index (χ3n) is 16.0. The van der Waals surface area contributed by atoms with E-state index in [9.17, 15) is 38.7 Å². The number of carbonyl (C=O) groups is 7. The quantitative estimate of drug-likeness (QED) is 0.0824. The molecule has 1 saturated heterocycles. The number of nitrogens with two attached hydrogens (primary N) is 6. The minimum Gasteiger partial charge on any atom is -0.682 e. The molecule has 0 spiro atoms. The zero-order chi connectivity index (χ0) is 54.4. The first kappa shape index (κ1) is 61.9. The summed E-state index contributed by atoms with van der Waals surface area (Å²) in [6, 6.07) is -0.923. The van der Waals surface area contributed by atoms with Gasteiger partial charge < -0.3 is 73.8 Å². The van der Waals surface area contributed by atoms with Crippen LogP contribution in [0, 0.1) is 69.0 Å². The van der Waals surface area contributed by atoms with Gasteiger partial charge in [0.15, 0.2) is 0 Å². The number of nitrogens with zero attached hydrogens (tertiary/aromatic N) is 6. The van der Waals surface area contributed by atoms with Crippen LogP contribution in [-0.2, 0) is 50.3 Å². The first-order valence-corrected chi connectivity index (χ1v) is 23.7. The summed E-state index contributed by atoms with van der Waals surface area (Å²) in [5.41, 5.74) is 34.4. The number of carbonyl (C=O) groups excluding carboxylic acids is 7. The van der Waals surface area contributed by atoms with Crippen molar-refractivity contribution in [3.63, 3.8) is 0 Å². The Morgan fingerprint density at radius 1 is 0.708 bits per heavy atom. The minimum absolute atomic E-state index is 0. The predicted molar refractivity (Wildman–Crippen MR) is 264 cm³/mol. The molecule has 0 aromatic heterocycles. The van der Waals surface area contributed by atoms with Gasteiger partial charge in [0.2, 0.25) is 41.4 Å². The second-order valence-electron chi connectivity index (χ2n) is 21.1. The Kier molecular flexibility index (Phi) is 20.6. The first-order valence-electron chi connectivity index (χ1n) is 23.7. The van der Waals surface area contributed by atoms with Gasteiger partial charge in [-0.25, -0.2) is 0 Å². The molecule has 72 heavy (non-hydrogen) atoms. The van der Waals surface area contributed by atoms with Gasteiger partial charge in [-0.15, -0.1) is 0 Å². The molecular weight excluding hydrogens is 970 g/mol. The van der Waals surface area contributed by atoms with Gasteiger partial charge in [-0.2, -0.15) is 5.70 Å². The number of aliphatic imine (C=N–C) groups is 3. The third-order valence-corrected chi connectivity index (χ3v) is 16.0. The van der Waals surface area contributed by atoms with Gasteiger partial charge in [0.25, 0.3) is 0 Å². The van der Waals surface area contributed by atoms with E-state index >= 15 is 0 Å². The summed E-state index contributed by atoms with van der Waals surface area (Å²) in [4.78, 5) is 108. The molecule has 1 fully saturated rings. The van der Waals surface area contributed by atoms with E-state index in [1.165, 1.54) is 0 Å². The van der Waals surface area contributed by atoms with Gasteiger partial charge >= 0.3 is 16.8 Å². The van der Waals surface area contributed by atoms with E-state index in [1.807, 2.05) is 61.5 Å². The van der Waals surface area contributed by atoms with Crippen LogP contribution < -0.4 is 39.7 Å². The molecule has 0 aliphatic carbocycles. The van der Waals surface area contributed by atoms with Crippen LogP contribution in [0.25, 0.3) is 5.32 Å². The number of hydrogen-bond donors (Lipinski definition) is 8. The van der Waals surface area contributed by atoms with E-state index in [-0.39, 0.29) is 93.4 Å². The smallest absolute Gasteiger partial charge is 0.682 e. The van der Waals surface area contributed by atoms with Crippen LogP contribution >= 0.6 is 0 Å². The molecule has 5 aliphatic heterocycles. The van der Waals surface area contributed by atoms with Crippen LogP contribution in [0.15, 0.2) is 49.3 Å². The largest absolute Gasteiger partial charge is 3.00 e. The van der Waals surface area contributed by atoms with Crippen molar-refractivity contribution in [1.82, 2.24) is 5.32 Å². The predicted octanol–water partition coefficient (Wildman–Crippen LogP) is 2.71. The number of fused-ring (bicyclic) bond motifs is 6. The summed E-state index contributed by atoms with van der Waals surface area (Å²) in [5, 5.41) is 30.8. The van der Waals surface area contributed by atoms with Crippen molar-refractivity contribution in [2.24, 2.45) is 94.7 Å². The molecule has 394 valence electrons. The molecule has 0 aromatic rings. The van der Waals surface area contributed by atoms with Crippen LogP contribution in [0.5, 0.6) is 0 Å². The Morgan fingerprint density at radius 3 is 1.71 bits per heavy atom. The van der Waals surface area contributed by atoms with Crippen molar-refractivity contribution < 1.29 is 55.4 Å². The monoisotopic (exact) mass is 1040 g/mol. The second kappa shape index (κ2) is 24.0. The number of nitrogens with one attached hydrogen (secondary N) is 1. The Labute approximate surface area is 432 Å². The van der Waals surface area contributed by atoms with Crippen molar-refractivity contribution in [1.29, 1.82) is 10.5 Å². The summed E-state index contributed by atoms with van der Waals surface area (Å²) in [6.07, 6.45) is 1.02. The number of hydrogen-bond acceptors (Lipinski definition) is 13. The molecule has 5 heterocycles. The van der Waals surface area contributed by atoms with E-state index in [1.54, 1.807) is 6.92 Å². The molecule has 7 amide bonds. The van der Waals surface area contributed by atoms with Gasteiger partial charge in [-0.1, -0.05) is 40.7 Å². The zero-order valence-corrected chi connectivity index (χ0v) is 43.9. The van der Waals surface area contributed by atoms with E-state index in [0.29, 0.717) is 51.8 Å². The van der Waals surface area contributed by atoms with Gasteiger partial charge in [-0.05, 0) is 81.9 Å². The molecule has 0 aromatic carbocycles. The number of primary amides is 6.